The fraction of sp³-hybridized carbons (Fsp3) is 0.273. The highest BCUT2D eigenvalue weighted by molar-refractivity contribution is 9.10. The van der Waals surface area contributed by atoms with Gasteiger partial charge in [-0.25, -0.2) is 0 Å². The molecular weight excluding hydrogens is 458 g/mol. The summed E-state index contributed by atoms with van der Waals surface area (Å²) >= 11 is 9.47. The molecule has 1 aromatic heterocycles. The maximum atomic E-state index is 13.4. The third-order valence-electron chi connectivity index (χ3n) is 5.54. The summed E-state index contributed by atoms with van der Waals surface area (Å²) in [6, 6.07) is 11.9. The van der Waals surface area contributed by atoms with Crippen LogP contribution in [-0.2, 0) is 4.74 Å². The number of carbonyl (C=O) groups excluding carboxylic acids is 1. The molecule has 0 aliphatic carbocycles. The van der Waals surface area contributed by atoms with Crippen molar-refractivity contribution in [3.63, 3.8) is 0 Å². The topological polar surface area (TPSA) is 59.8 Å². The number of halogens is 2. The highest BCUT2D eigenvalue weighted by Gasteiger charge is 2.43. The van der Waals surface area contributed by atoms with Crippen molar-refractivity contribution in [2.24, 2.45) is 0 Å². The molecule has 29 heavy (non-hydrogen) atoms. The number of fused-ring (bicyclic) bond motifs is 2. The van der Waals surface area contributed by atoms with Gasteiger partial charge in [-0.2, -0.15) is 0 Å². The van der Waals surface area contributed by atoms with Crippen molar-refractivity contribution in [3.05, 3.63) is 79.1 Å². The SMILES string of the molecule is O=C1c2oc3ccc(Br)cc3c(=O)c2[C@H](c2ccc(Cl)cc2)N1C[C@H]1CCCO1. The lowest BCUT2D eigenvalue weighted by Crippen LogP contribution is -2.36. The predicted molar refractivity (Wildman–Crippen MR) is 113 cm³/mol. The molecular formula is C22H17BrClNO4. The number of amides is 1. The lowest BCUT2D eigenvalue weighted by molar-refractivity contribution is 0.0486. The summed E-state index contributed by atoms with van der Waals surface area (Å²) in [7, 11) is 0. The standard InChI is InChI=1S/C22H17BrClNO4/c23-13-5-8-17-16(10-13)20(26)18-19(12-3-6-14(24)7-4-12)25(22(27)21(18)29-17)11-15-2-1-9-28-15/h3-8,10,15,19H,1-2,9,11H2/t15-,19+/m1/s1. The Labute approximate surface area is 180 Å². The first kappa shape index (κ1) is 18.9. The minimum atomic E-state index is -0.529. The molecule has 0 spiro atoms. The summed E-state index contributed by atoms with van der Waals surface area (Å²) < 4.78 is 12.5. The van der Waals surface area contributed by atoms with E-state index in [1.54, 1.807) is 35.2 Å². The quantitative estimate of drug-likeness (QED) is 0.540. The van der Waals surface area contributed by atoms with Gasteiger partial charge in [0, 0.05) is 22.6 Å². The minimum absolute atomic E-state index is 0.0401. The lowest BCUT2D eigenvalue weighted by Gasteiger charge is -2.27. The Hall–Kier alpha value is -2.15. The zero-order valence-corrected chi connectivity index (χ0v) is 17.7. The highest BCUT2D eigenvalue weighted by atomic mass is 79.9. The Bertz CT molecular complexity index is 1170. The molecule has 3 aromatic rings. The molecule has 0 radical (unpaired) electrons. The predicted octanol–water partition coefficient (Wildman–Crippen LogP) is 4.93. The first-order valence-electron chi connectivity index (χ1n) is 9.47. The number of benzene rings is 2. The zero-order valence-electron chi connectivity index (χ0n) is 15.4. The molecule has 2 atom stereocenters. The van der Waals surface area contributed by atoms with E-state index in [1.807, 2.05) is 12.1 Å². The van der Waals surface area contributed by atoms with Gasteiger partial charge in [0.25, 0.3) is 5.91 Å². The number of hydrogen-bond donors (Lipinski definition) is 0. The zero-order chi connectivity index (χ0) is 20.1. The van der Waals surface area contributed by atoms with E-state index in [1.165, 1.54) is 0 Å². The van der Waals surface area contributed by atoms with Gasteiger partial charge in [-0.1, -0.05) is 39.7 Å². The Morgan fingerprint density at radius 2 is 1.93 bits per heavy atom. The van der Waals surface area contributed by atoms with Crippen molar-refractivity contribution in [3.8, 4) is 0 Å². The van der Waals surface area contributed by atoms with Crippen molar-refractivity contribution in [2.75, 3.05) is 13.2 Å². The first-order chi connectivity index (χ1) is 14.0. The van der Waals surface area contributed by atoms with Crippen molar-refractivity contribution in [1.82, 2.24) is 4.90 Å². The smallest absolute Gasteiger partial charge is 0.291 e. The molecule has 148 valence electrons. The molecule has 1 amide bonds. The average molecular weight is 475 g/mol. The molecule has 5 nitrogen and oxygen atoms in total. The molecule has 0 N–H and O–H groups in total. The van der Waals surface area contributed by atoms with E-state index in [9.17, 15) is 9.59 Å². The van der Waals surface area contributed by atoms with E-state index in [4.69, 9.17) is 20.8 Å². The van der Waals surface area contributed by atoms with Crippen LogP contribution in [-0.4, -0.2) is 30.1 Å². The molecule has 1 fully saturated rings. The molecule has 0 bridgehead atoms. The fourth-order valence-electron chi connectivity index (χ4n) is 4.18. The van der Waals surface area contributed by atoms with Crippen molar-refractivity contribution >= 4 is 44.4 Å². The number of carbonyl (C=O) groups is 1. The number of ether oxygens (including phenoxy) is 1. The van der Waals surface area contributed by atoms with E-state index in [2.05, 4.69) is 15.9 Å². The van der Waals surface area contributed by atoms with Gasteiger partial charge in [-0.15, -0.1) is 0 Å². The van der Waals surface area contributed by atoms with Gasteiger partial charge in [0.05, 0.1) is 23.1 Å². The molecule has 2 aliphatic rings. The van der Waals surface area contributed by atoms with Crippen LogP contribution in [0, 0.1) is 0 Å². The Kier molecular flexibility index (Phi) is 4.73. The maximum absolute atomic E-state index is 13.4. The second-order valence-corrected chi connectivity index (χ2v) is 8.71. The van der Waals surface area contributed by atoms with E-state index in [-0.39, 0.29) is 23.2 Å². The molecule has 0 saturated carbocycles. The summed E-state index contributed by atoms with van der Waals surface area (Å²) in [4.78, 5) is 28.4. The third kappa shape index (κ3) is 3.19. The van der Waals surface area contributed by atoms with E-state index >= 15 is 0 Å². The molecule has 5 rings (SSSR count). The van der Waals surface area contributed by atoms with Crippen LogP contribution in [0.1, 0.15) is 40.6 Å². The maximum Gasteiger partial charge on any atom is 0.291 e. The van der Waals surface area contributed by atoms with Crippen LogP contribution in [0.5, 0.6) is 0 Å². The number of hydrogen-bond acceptors (Lipinski definition) is 4. The van der Waals surface area contributed by atoms with Crippen LogP contribution < -0.4 is 5.43 Å². The van der Waals surface area contributed by atoms with Crippen LogP contribution in [0.4, 0.5) is 0 Å². The second-order valence-electron chi connectivity index (χ2n) is 7.36. The molecule has 2 aromatic carbocycles. The van der Waals surface area contributed by atoms with E-state index in [0.29, 0.717) is 34.7 Å². The summed E-state index contributed by atoms with van der Waals surface area (Å²) in [6.07, 6.45) is 1.83. The van der Waals surface area contributed by atoms with Crippen LogP contribution in [0.25, 0.3) is 11.0 Å². The highest BCUT2D eigenvalue weighted by Crippen LogP contribution is 2.39. The van der Waals surface area contributed by atoms with Gasteiger partial charge < -0.3 is 14.1 Å². The largest absolute Gasteiger partial charge is 0.450 e. The Morgan fingerprint density at radius 3 is 2.66 bits per heavy atom. The molecule has 7 heteroatoms. The molecule has 0 unspecified atom stereocenters. The first-order valence-corrected chi connectivity index (χ1v) is 10.6. The van der Waals surface area contributed by atoms with Crippen LogP contribution >= 0.6 is 27.5 Å². The third-order valence-corrected chi connectivity index (χ3v) is 6.28. The van der Waals surface area contributed by atoms with Gasteiger partial charge in [0.2, 0.25) is 5.76 Å². The van der Waals surface area contributed by atoms with Gasteiger partial charge in [0.1, 0.15) is 5.58 Å². The normalized spacial score (nSPS) is 21.2. The molecule has 2 aliphatic heterocycles. The summed E-state index contributed by atoms with van der Waals surface area (Å²) in [5.41, 5.74) is 1.41. The van der Waals surface area contributed by atoms with Gasteiger partial charge >= 0.3 is 0 Å². The van der Waals surface area contributed by atoms with Crippen LogP contribution in [0.15, 0.2) is 56.1 Å². The summed E-state index contributed by atoms with van der Waals surface area (Å²) in [6.45, 7) is 1.11. The van der Waals surface area contributed by atoms with E-state index < -0.39 is 6.04 Å². The van der Waals surface area contributed by atoms with Crippen molar-refractivity contribution < 1.29 is 13.9 Å². The minimum Gasteiger partial charge on any atom is -0.450 e. The summed E-state index contributed by atoms with van der Waals surface area (Å²) in [5, 5.41) is 1.04. The lowest BCUT2D eigenvalue weighted by atomic mass is 9.98. The second kappa shape index (κ2) is 7.27. The monoisotopic (exact) mass is 473 g/mol. The number of rotatable bonds is 3. The van der Waals surface area contributed by atoms with Crippen molar-refractivity contribution in [2.45, 2.75) is 25.0 Å². The van der Waals surface area contributed by atoms with Crippen LogP contribution in [0.2, 0.25) is 5.02 Å². The Balaban J connectivity index is 1.71. The van der Waals surface area contributed by atoms with E-state index in [0.717, 1.165) is 22.9 Å². The average Bonchev–Trinajstić information content (AvgIpc) is 3.32. The molecule has 1 saturated heterocycles. The number of nitrogens with zero attached hydrogens (tertiary/aromatic N) is 1. The van der Waals surface area contributed by atoms with Crippen LogP contribution in [0.3, 0.4) is 0 Å². The van der Waals surface area contributed by atoms with Gasteiger partial charge in [-0.05, 0) is 48.7 Å². The van der Waals surface area contributed by atoms with Gasteiger partial charge in [0.15, 0.2) is 5.43 Å². The van der Waals surface area contributed by atoms with Gasteiger partial charge in [-0.3, -0.25) is 9.59 Å². The molecule has 3 heterocycles. The van der Waals surface area contributed by atoms with Crippen molar-refractivity contribution in [1.29, 1.82) is 0 Å². The Morgan fingerprint density at radius 1 is 1.14 bits per heavy atom. The fourth-order valence-corrected chi connectivity index (χ4v) is 4.67. The summed E-state index contributed by atoms with van der Waals surface area (Å²) in [5.74, 6) is -0.167.